The SMILES string of the molecule is C=CC(C)(C)n1cc(C2=C(OCC)C(=O)C(c3cn(C(C)(C)C=C)c4ccccc34)=C(OCC)C2=O)c2ccccc21. The Morgan fingerprint density at radius 3 is 1.36 bits per heavy atom. The molecule has 1 aliphatic carbocycles. The van der Waals surface area contributed by atoms with Gasteiger partial charge in [-0.2, -0.15) is 0 Å². The lowest BCUT2D eigenvalue weighted by molar-refractivity contribution is -0.118. The molecule has 0 radical (unpaired) electrons. The monoisotopic (exact) mass is 562 g/mol. The summed E-state index contributed by atoms with van der Waals surface area (Å²) in [5.74, 6) is -0.705. The predicted molar refractivity (Wildman–Crippen MR) is 170 cm³/mol. The zero-order chi connectivity index (χ0) is 30.4. The van der Waals surface area contributed by atoms with Crippen molar-refractivity contribution in [1.29, 1.82) is 0 Å². The molecule has 0 saturated carbocycles. The van der Waals surface area contributed by atoms with Crippen LogP contribution in [-0.4, -0.2) is 33.9 Å². The summed E-state index contributed by atoms with van der Waals surface area (Å²) in [6.45, 7) is 20.3. The predicted octanol–water partition coefficient (Wildman–Crippen LogP) is 7.79. The van der Waals surface area contributed by atoms with Gasteiger partial charge in [-0.1, -0.05) is 48.6 Å². The average Bonchev–Trinajstić information content (AvgIpc) is 3.56. The minimum atomic E-state index is -0.449. The second-order valence-electron chi connectivity index (χ2n) is 11.5. The van der Waals surface area contributed by atoms with Crippen LogP contribution in [0.25, 0.3) is 33.0 Å². The highest BCUT2D eigenvalue weighted by atomic mass is 16.5. The molecule has 42 heavy (non-hydrogen) atoms. The molecule has 6 heteroatoms. The number of nitrogens with zero attached hydrogens (tertiary/aromatic N) is 2. The first kappa shape index (κ1) is 28.9. The van der Waals surface area contributed by atoms with Crippen molar-refractivity contribution >= 4 is 44.5 Å². The van der Waals surface area contributed by atoms with Crippen molar-refractivity contribution in [3.05, 3.63) is 109 Å². The fourth-order valence-corrected chi connectivity index (χ4v) is 5.62. The van der Waals surface area contributed by atoms with Crippen molar-refractivity contribution in [2.45, 2.75) is 52.6 Å². The molecule has 0 amide bonds. The van der Waals surface area contributed by atoms with E-state index in [1.165, 1.54) is 0 Å². The first-order valence-electron chi connectivity index (χ1n) is 14.3. The summed E-state index contributed by atoms with van der Waals surface area (Å²) in [6, 6.07) is 15.7. The second kappa shape index (κ2) is 10.7. The van der Waals surface area contributed by atoms with Crippen LogP contribution in [0.4, 0.5) is 0 Å². The summed E-state index contributed by atoms with van der Waals surface area (Å²) in [6.07, 6.45) is 7.55. The van der Waals surface area contributed by atoms with E-state index in [1.54, 1.807) is 0 Å². The molecule has 2 aromatic heterocycles. The van der Waals surface area contributed by atoms with E-state index < -0.39 is 11.1 Å². The van der Waals surface area contributed by atoms with Gasteiger partial charge in [0.2, 0.25) is 11.6 Å². The van der Waals surface area contributed by atoms with Gasteiger partial charge in [0.15, 0.2) is 11.5 Å². The van der Waals surface area contributed by atoms with Gasteiger partial charge in [-0.25, -0.2) is 0 Å². The Morgan fingerprint density at radius 1 is 0.667 bits per heavy atom. The lowest BCUT2D eigenvalue weighted by atomic mass is 9.85. The number of fused-ring (bicyclic) bond motifs is 2. The number of ketones is 2. The number of Topliss-reactive ketones (excluding diaryl/α,β-unsaturated/α-hetero) is 2. The van der Waals surface area contributed by atoms with Crippen LogP contribution in [0.1, 0.15) is 52.7 Å². The fourth-order valence-electron chi connectivity index (χ4n) is 5.62. The molecule has 6 nitrogen and oxygen atoms in total. The van der Waals surface area contributed by atoms with Crippen LogP contribution in [0.15, 0.2) is 97.8 Å². The van der Waals surface area contributed by atoms with Gasteiger partial charge in [-0.05, 0) is 53.7 Å². The minimum absolute atomic E-state index is 0.0278. The molecule has 0 aliphatic heterocycles. The molecule has 0 saturated heterocycles. The lowest BCUT2D eigenvalue weighted by Gasteiger charge is -2.25. The average molecular weight is 563 g/mol. The Labute approximate surface area is 247 Å². The van der Waals surface area contributed by atoms with E-state index in [9.17, 15) is 9.59 Å². The highest BCUT2D eigenvalue weighted by molar-refractivity contribution is 6.48. The van der Waals surface area contributed by atoms with Crippen LogP contribution in [-0.2, 0) is 30.1 Å². The summed E-state index contributed by atoms with van der Waals surface area (Å²) >= 11 is 0. The van der Waals surface area contributed by atoms with Crippen LogP contribution >= 0.6 is 0 Å². The lowest BCUT2D eigenvalue weighted by Crippen LogP contribution is -2.26. The summed E-state index contributed by atoms with van der Waals surface area (Å²) in [7, 11) is 0. The Bertz CT molecular complexity index is 1690. The number of aromatic nitrogens is 2. The van der Waals surface area contributed by atoms with E-state index in [1.807, 2.05) is 115 Å². The van der Waals surface area contributed by atoms with E-state index in [0.29, 0.717) is 11.1 Å². The van der Waals surface area contributed by atoms with Crippen LogP contribution in [0, 0.1) is 0 Å². The third-order valence-corrected chi connectivity index (χ3v) is 8.10. The molecule has 216 valence electrons. The van der Waals surface area contributed by atoms with Gasteiger partial charge in [0.25, 0.3) is 0 Å². The summed E-state index contributed by atoms with van der Waals surface area (Å²) in [5.41, 5.74) is 2.60. The Morgan fingerprint density at radius 2 is 1.02 bits per heavy atom. The van der Waals surface area contributed by atoms with E-state index in [0.717, 1.165) is 21.8 Å². The maximum absolute atomic E-state index is 14.6. The largest absolute Gasteiger partial charge is 0.489 e. The summed E-state index contributed by atoms with van der Waals surface area (Å²) in [4.78, 5) is 29.1. The third-order valence-electron chi connectivity index (χ3n) is 8.10. The number of ether oxygens (including phenoxy) is 2. The molecule has 0 bridgehead atoms. The number of benzene rings is 2. The minimum Gasteiger partial charge on any atom is -0.489 e. The van der Waals surface area contributed by atoms with Gasteiger partial charge < -0.3 is 18.6 Å². The zero-order valence-electron chi connectivity index (χ0n) is 25.3. The van der Waals surface area contributed by atoms with Gasteiger partial charge in [0.1, 0.15) is 0 Å². The highest BCUT2D eigenvalue weighted by Gasteiger charge is 2.41. The molecule has 2 heterocycles. The van der Waals surface area contributed by atoms with Crippen molar-refractivity contribution in [3.8, 4) is 0 Å². The first-order chi connectivity index (χ1) is 20.0. The Hall–Kier alpha value is -4.58. The van der Waals surface area contributed by atoms with Crippen molar-refractivity contribution in [3.63, 3.8) is 0 Å². The van der Waals surface area contributed by atoms with Crippen LogP contribution in [0.2, 0.25) is 0 Å². The summed E-state index contributed by atoms with van der Waals surface area (Å²) in [5, 5.41) is 1.67. The van der Waals surface area contributed by atoms with Crippen LogP contribution in [0.3, 0.4) is 0 Å². The number of hydrogen-bond donors (Lipinski definition) is 0. The first-order valence-corrected chi connectivity index (χ1v) is 14.3. The number of carbonyl (C=O) groups is 2. The molecule has 1 aliphatic rings. The number of hydrogen-bond acceptors (Lipinski definition) is 4. The zero-order valence-corrected chi connectivity index (χ0v) is 25.3. The van der Waals surface area contributed by atoms with Gasteiger partial charge in [-0.15, -0.1) is 13.2 Å². The number of carbonyl (C=O) groups excluding carboxylic acids is 2. The van der Waals surface area contributed by atoms with Gasteiger partial charge in [-0.3, -0.25) is 9.59 Å². The highest BCUT2D eigenvalue weighted by Crippen LogP contribution is 2.43. The van der Waals surface area contributed by atoms with E-state index in [4.69, 9.17) is 9.47 Å². The topological polar surface area (TPSA) is 62.5 Å². The second-order valence-corrected chi connectivity index (χ2v) is 11.5. The normalized spacial score (nSPS) is 14.7. The Kier molecular flexibility index (Phi) is 7.35. The molecule has 0 N–H and O–H groups in total. The molecule has 5 rings (SSSR count). The van der Waals surface area contributed by atoms with E-state index in [2.05, 4.69) is 22.3 Å². The van der Waals surface area contributed by atoms with Crippen LogP contribution in [0.5, 0.6) is 0 Å². The molecular weight excluding hydrogens is 524 g/mol. The number of rotatable bonds is 10. The molecule has 0 unspecified atom stereocenters. The third kappa shape index (κ3) is 4.42. The number of para-hydroxylation sites is 2. The quantitative estimate of drug-likeness (QED) is 0.146. The molecule has 4 aromatic rings. The summed E-state index contributed by atoms with van der Waals surface area (Å²) < 4.78 is 16.3. The van der Waals surface area contributed by atoms with Crippen molar-refractivity contribution in [2.24, 2.45) is 0 Å². The number of allylic oxidation sites excluding steroid dienone is 4. The molecule has 0 atom stereocenters. The molecular formula is C36H38N2O4. The van der Waals surface area contributed by atoms with Gasteiger partial charge in [0.05, 0.1) is 35.4 Å². The van der Waals surface area contributed by atoms with Crippen molar-refractivity contribution < 1.29 is 19.1 Å². The maximum Gasteiger partial charge on any atom is 0.232 e. The molecule has 2 aromatic carbocycles. The Balaban J connectivity index is 1.83. The van der Waals surface area contributed by atoms with Crippen molar-refractivity contribution in [2.75, 3.05) is 13.2 Å². The molecule has 0 fully saturated rings. The maximum atomic E-state index is 14.6. The standard InChI is InChI=1S/C36H38N2O4/c1-9-35(5,6)37-21-25(23-17-13-15-19-27(23)37)29-31(39)34(42-12-4)30(32(40)33(29)41-11-3)26-22-38(36(7,8)10-2)28-20-16-14-18-24(26)28/h9-10,13-22H,1-2,11-12H2,3-8H3. The van der Waals surface area contributed by atoms with Crippen molar-refractivity contribution in [1.82, 2.24) is 9.13 Å². The van der Waals surface area contributed by atoms with E-state index >= 15 is 0 Å². The van der Waals surface area contributed by atoms with Crippen LogP contribution < -0.4 is 0 Å². The smallest absolute Gasteiger partial charge is 0.232 e. The van der Waals surface area contributed by atoms with E-state index in [-0.39, 0.29) is 47.4 Å². The van der Waals surface area contributed by atoms with Gasteiger partial charge in [0, 0.05) is 45.3 Å². The van der Waals surface area contributed by atoms with Gasteiger partial charge >= 0.3 is 0 Å². The fraction of sp³-hybridized carbons (Fsp3) is 0.278. The molecule has 0 spiro atoms.